The van der Waals surface area contributed by atoms with Crippen molar-refractivity contribution >= 4 is 17.9 Å². The molecule has 7 heteroatoms. The fourth-order valence-corrected chi connectivity index (χ4v) is 2.00. The molecular formula is C17H25N3O4. The van der Waals surface area contributed by atoms with Crippen LogP contribution in [-0.4, -0.2) is 35.6 Å². The smallest absolute Gasteiger partial charge is 0.329 e. The number of esters is 1. The summed E-state index contributed by atoms with van der Waals surface area (Å²) in [6.45, 7) is 6.95. The number of rotatable bonds is 6. The maximum atomic E-state index is 12.3. The highest BCUT2D eigenvalue weighted by Gasteiger charge is 2.27. The zero-order valence-corrected chi connectivity index (χ0v) is 14.5. The number of ether oxygens (including phenoxy) is 1. The van der Waals surface area contributed by atoms with Crippen LogP contribution >= 0.6 is 0 Å². The average molecular weight is 335 g/mol. The van der Waals surface area contributed by atoms with Gasteiger partial charge in [0, 0.05) is 12.0 Å². The Morgan fingerprint density at radius 2 is 1.75 bits per heavy atom. The predicted molar refractivity (Wildman–Crippen MR) is 90.1 cm³/mol. The summed E-state index contributed by atoms with van der Waals surface area (Å²) >= 11 is 0. The summed E-state index contributed by atoms with van der Waals surface area (Å²) in [6.07, 6.45) is -0.763. The molecule has 4 N–H and O–H groups in total. The number of nitrogens with two attached hydrogens (primary N) is 1. The Bertz CT molecular complexity index is 581. The third-order valence-corrected chi connectivity index (χ3v) is 3.04. The topological polar surface area (TPSA) is 111 Å². The van der Waals surface area contributed by atoms with Crippen LogP contribution in [0.4, 0.5) is 4.79 Å². The molecule has 132 valence electrons. The molecular weight excluding hydrogens is 310 g/mol. The second kappa shape index (κ2) is 8.33. The number of primary amides is 1. The first-order valence-electron chi connectivity index (χ1n) is 7.71. The maximum absolute atomic E-state index is 12.3. The van der Waals surface area contributed by atoms with Crippen LogP contribution in [0.15, 0.2) is 30.3 Å². The monoisotopic (exact) mass is 335 g/mol. The van der Waals surface area contributed by atoms with E-state index in [-0.39, 0.29) is 6.42 Å². The molecule has 0 heterocycles. The van der Waals surface area contributed by atoms with Gasteiger partial charge >= 0.3 is 12.0 Å². The third-order valence-electron chi connectivity index (χ3n) is 3.04. The Balaban J connectivity index is 2.74. The second-order valence-electron chi connectivity index (χ2n) is 6.57. The second-order valence-corrected chi connectivity index (χ2v) is 6.57. The molecule has 0 unspecified atom stereocenters. The Hall–Kier alpha value is -2.57. The van der Waals surface area contributed by atoms with Crippen molar-refractivity contribution < 1.29 is 19.1 Å². The van der Waals surface area contributed by atoms with Crippen molar-refractivity contribution in [2.24, 2.45) is 5.73 Å². The molecule has 1 aromatic rings. The van der Waals surface area contributed by atoms with Gasteiger partial charge in [0.05, 0.1) is 0 Å². The van der Waals surface area contributed by atoms with Crippen LogP contribution in [0, 0.1) is 0 Å². The Morgan fingerprint density at radius 1 is 1.17 bits per heavy atom. The van der Waals surface area contributed by atoms with Crippen LogP contribution in [-0.2, 0) is 20.7 Å². The van der Waals surface area contributed by atoms with Gasteiger partial charge in [0.2, 0.25) is 0 Å². The molecule has 0 spiro atoms. The van der Waals surface area contributed by atoms with E-state index in [0.717, 1.165) is 5.56 Å². The molecule has 7 nitrogen and oxygen atoms in total. The molecule has 1 rings (SSSR count). The minimum absolute atomic E-state index is 0.218. The van der Waals surface area contributed by atoms with E-state index < -0.39 is 35.6 Å². The molecule has 0 radical (unpaired) electrons. The summed E-state index contributed by atoms with van der Waals surface area (Å²) in [7, 11) is 0. The fraction of sp³-hybridized carbons (Fsp3) is 0.471. The third kappa shape index (κ3) is 7.13. The molecule has 1 aromatic carbocycles. The summed E-state index contributed by atoms with van der Waals surface area (Å²) in [4.78, 5) is 35.4. The van der Waals surface area contributed by atoms with Crippen molar-refractivity contribution in [3.8, 4) is 0 Å². The summed E-state index contributed by atoms with van der Waals surface area (Å²) < 4.78 is 5.17. The molecule has 2 atom stereocenters. The SMILES string of the molecule is C[C@H](OC(=O)[C@H](Cc1ccccc1)NC(N)=O)C(=O)NC(C)(C)C. The zero-order chi connectivity index (χ0) is 18.3. The van der Waals surface area contributed by atoms with Crippen LogP contribution < -0.4 is 16.4 Å². The van der Waals surface area contributed by atoms with Gasteiger partial charge in [0.1, 0.15) is 6.04 Å². The van der Waals surface area contributed by atoms with E-state index in [2.05, 4.69) is 10.6 Å². The van der Waals surface area contributed by atoms with Gasteiger partial charge in [0.15, 0.2) is 6.10 Å². The van der Waals surface area contributed by atoms with Gasteiger partial charge in [-0.15, -0.1) is 0 Å². The van der Waals surface area contributed by atoms with E-state index in [4.69, 9.17) is 10.5 Å². The van der Waals surface area contributed by atoms with Gasteiger partial charge < -0.3 is 21.1 Å². The van der Waals surface area contributed by atoms with Gasteiger partial charge in [-0.2, -0.15) is 0 Å². The fourth-order valence-electron chi connectivity index (χ4n) is 2.00. The van der Waals surface area contributed by atoms with E-state index in [1.54, 1.807) is 0 Å². The molecule has 0 aliphatic rings. The lowest BCUT2D eigenvalue weighted by atomic mass is 10.1. The lowest BCUT2D eigenvalue weighted by Gasteiger charge is -2.24. The summed E-state index contributed by atoms with van der Waals surface area (Å²) in [5.41, 5.74) is 5.52. The van der Waals surface area contributed by atoms with Gasteiger partial charge in [-0.05, 0) is 33.3 Å². The number of benzene rings is 1. The van der Waals surface area contributed by atoms with Gasteiger partial charge in [0.25, 0.3) is 5.91 Å². The largest absolute Gasteiger partial charge is 0.451 e. The van der Waals surface area contributed by atoms with E-state index in [0.29, 0.717) is 0 Å². The quantitative estimate of drug-likeness (QED) is 0.676. The van der Waals surface area contributed by atoms with E-state index in [9.17, 15) is 14.4 Å². The number of nitrogens with one attached hydrogen (secondary N) is 2. The summed E-state index contributed by atoms with van der Waals surface area (Å²) in [6, 6.07) is 7.33. The number of carbonyl (C=O) groups excluding carboxylic acids is 3. The minimum atomic E-state index is -0.982. The minimum Gasteiger partial charge on any atom is -0.451 e. The van der Waals surface area contributed by atoms with Crippen LogP contribution in [0.3, 0.4) is 0 Å². The van der Waals surface area contributed by atoms with Crippen LogP contribution in [0.2, 0.25) is 0 Å². The standard InChI is InChI=1S/C17H25N3O4/c1-11(14(21)20-17(2,3)4)24-15(22)13(19-16(18)23)10-12-8-6-5-7-9-12/h5-9,11,13H,10H2,1-4H3,(H,20,21)(H3,18,19,23)/t11-,13-/m0/s1. The number of amides is 3. The number of hydrogen-bond donors (Lipinski definition) is 3. The van der Waals surface area contributed by atoms with Crippen molar-refractivity contribution in [3.63, 3.8) is 0 Å². The van der Waals surface area contributed by atoms with Crippen LogP contribution in [0.25, 0.3) is 0 Å². The summed E-state index contributed by atoms with van der Waals surface area (Å²) in [5.74, 6) is -1.12. The van der Waals surface area contributed by atoms with Crippen LogP contribution in [0.1, 0.15) is 33.3 Å². The molecule has 0 aliphatic heterocycles. The molecule has 0 bridgehead atoms. The Labute approximate surface area is 141 Å². The Kier molecular flexibility index (Phi) is 6.76. The number of urea groups is 1. The molecule has 24 heavy (non-hydrogen) atoms. The van der Waals surface area contributed by atoms with Crippen molar-refractivity contribution in [1.29, 1.82) is 0 Å². The van der Waals surface area contributed by atoms with Crippen molar-refractivity contribution in [3.05, 3.63) is 35.9 Å². The van der Waals surface area contributed by atoms with Crippen molar-refractivity contribution in [2.75, 3.05) is 0 Å². The lowest BCUT2D eigenvalue weighted by molar-refractivity contribution is -0.157. The molecule has 3 amide bonds. The first kappa shape index (κ1) is 19.5. The molecule has 0 saturated carbocycles. The van der Waals surface area contributed by atoms with Gasteiger partial charge in [-0.3, -0.25) is 4.79 Å². The van der Waals surface area contributed by atoms with E-state index in [1.165, 1.54) is 6.92 Å². The summed E-state index contributed by atoms with van der Waals surface area (Å²) in [5, 5.41) is 5.08. The highest BCUT2D eigenvalue weighted by Crippen LogP contribution is 2.07. The molecule has 0 aliphatic carbocycles. The number of carbonyl (C=O) groups is 3. The molecule has 0 saturated heterocycles. The first-order valence-corrected chi connectivity index (χ1v) is 7.71. The molecule has 0 aromatic heterocycles. The van der Waals surface area contributed by atoms with E-state index >= 15 is 0 Å². The predicted octanol–water partition coefficient (Wildman–Crippen LogP) is 1.11. The van der Waals surface area contributed by atoms with Crippen LogP contribution in [0.5, 0.6) is 0 Å². The zero-order valence-electron chi connectivity index (χ0n) is 14.5. The van der Waals surface area contributed by atoms with E-state index in [1.807, 2.05) is 51.1 Å². The van der Waals surface area contributed by atoms with Crippen molar-refractivity contribution in [2.45, 2.75) is 51.8 Å². The molecule has 0 fully saturated rings. The average Bonchev–Trinajstić information content (AvgIpc) is 2.45. The van der Waals surface area contributed by atoms with Gasteiger partial charge in [-0.1, -0.05) is 30.3 Å². The highest BCUT2D eigenvalue weighted by atomic mass is 16.5. The first-order chi connectivity index (χ1) is 11.1. The van der Waals surface area contributed by atoms with Gasteiger partial charge in [-0.25, -0.2) is 9.59 Å². The van der Waals surface area contributed by atoms with Crippen molar-refractivity contribution in [1.82, 2.24) is 10.6 Å². The maximum Gasteiger partial charge on any atom is 0.329 e. The number of hydrogen-bond acceptors (Lipinski definition) is 4. The lowest BCUT2D eigenvalue weighted by Crippen LogP contribution is -2.50. The highest BCUT2D eigenvalue weighted by molar-refractivity contribution is 5.87. The Morgan fingerprint density at radius 3 is 2.25 bits per heavy atom. The normalized spacial score (nSPS) is 13.5.